The molecule has 1 N–H and O–H groups in total. The Bertz CT molecular complexity index is 798. The van der Waals surface area contributed by atoms with Crippen LogP contribution in [0.5, 0.6) is 5.75 Å². The maximum atomic E-state index is 12.5. The van der Waals surface area contributed by atoms with Crippen molar-refractivity contribution in [1.82, 2.24) is 5.06 Å². The van der Waals surface area contributed by atoms with Crippen molar-refractivity contribution in [2.45, 2.75) is 45.4 Å². The van der Waals surface area contributed by atoms with Crippen molar-refractivity contribution in [2.75, 3.05) is 7.11 Å². The van der Waals surface area contributed by atoms with E-state index < -0.39 is 23.8 Å². The van der Waals surface area contributed by atoms with E-state index in [1.807, 2.05) is 30.3 Å². The van der Waals surface area contributed by atoms with Gasteiger partial charge in [-0.1, -0.05) is 42.5 Å². The van der Waals surface area contributed by atoms with Crippen LogP contribution in [0.15, 0.2) is 54.6 Å². The van der Waals surface area contributed by atoms with E-state index in [1.165, 1.54) is 24.3 Å². The smallest absolute Gasteiger partial charge is 0.508 e. The van der Waals surface area contributed by atoms with Gasteiger partial charge in [0.25, 0.3) is 0 Å². The zero-order valence-corrected chi connectivity index (χ0v) is 17.1. The van der Waals surface area contributed by atoms with E-state index in [2.05, 4.69) is 0 Å². The molecule has 0 bridgehead atoms. The maximum Gasteiger partial charge on any atom is 0.528 e. The standard InChI is InChI=1S/C22H27NO6/c1-22(2,3)28-21(26)29-23(15-17-8-6-5-7-9-17)19(20(25)27-4)14-16-10-12-18(24)13-11-16/h5-13,19,24H,14-15H2,1-4H3/t19-/m0/s1. The highest BCUT2D eigenvalue weighted by atomic mass is 16.8. The van der Waals surface area contributed by atoms with Gasteiger partial charge in [0, 0.05) is 6.42 Å². The van der Waals surface area contributed by atoms with E-state index in [0.29, 0.717) is 0 Å². The van der Waals surface area contributed by atoms with Crippen LogP contribution in [0, 0.1) is 0 Å². The number of rotatable bonds is 7. The number of benzene rings is 2. The summed E-state index contributed by atoms with van der Waals surface area (Å²) in [6.07, 6.45) is -0.698. The number of carbonyl (C=O) groups excluding carboxylic acids is 2. The Hall–Kier alpha value is -3.06. The first-order valence-corrected chi connectivity index (χ1v) is 9.25. The minimum atomic E-state index is -0.909. The highest BCUT2D eigenvalue weighted by molar-refractivity contribution is 5.76. The van der Waals surface area contributed by atoms with Crippen molar-refractivity contribution >= 4 is 12.1 Å². The number of hydrogen-bond acceptors (Lipinski definition) is 7. The summed E-state index contributed by atoms with van der Waals surface area (Å²) < 4.78 is 10.2. The van der Waals surface area contributed by atoms with E-state index in [1.54, 1.807) is 32.9 Å². The predicted octanol–water partition coefficient (Wildman–Crippen LogP) is 3.85. The zero-order chi connectivity index (χ0) is 21.4. The lowest BCUT2D eigenvalue weighted by Crippen LogP contribution is -2.45. The number of aromatic hydroxyl groups is 1. The molecule has 0 spiro atoms. The van der Waals surface area contributed by atoms with Gasteiger partial charge in [0.1, 0.15) is 17.4 Å². The molecule has 7 nitrogen and oxygen atoms in total. The van der Waals surface area contributed by atoms with Gasteiger partial charge >= 0.3 is 12.1 Å². The molecular formula is C22H27NO6. The number of carbonyl (C=O) groups is 2. The summed E-state index contributed by atoms with van der Waals surface area (Å²) >= 11 is 0. The Morgan fingerprint density at radius 3 is 2.17 bits per heavy atom. The number of hydroxylamine groups is 2. The summed E-state index contributed by atoms with van der Waals surface area (Å²) in [6, 6.07) is 14.8. The Kier molecular flexibility index (Phi) is 7.61. The van der Waals surface area contributed by atoms with Gasteiger partial charge in [-0.3, -0.25) is 4.79 Å². The molecule has 0 aromatic heterocycles. The predicted molar refractivity (Wildman–Crippen MR) is 107 cm³/mol. The number of nitrogens with zero attached hydrogens (tertiary/aromatic N) is 1. The number of phenols is 1. The SMILES string of the molecule is COC(=O)[C@H](Cc1ccc(O)cc1)N(Cc1ccccc1)OC(=O)OC(C)(C)C. The lowest BCUT2D eigenvalue weighted by Gasteiger charge is -2.29. The minimum absolute atomic E-state index is 0.120. The molecule has 2 rings (SSSR count). The first kappa shape index (κ1) is 22.2. The molecule has 2 aromatic carbocycles. The molecule has 2 aromatic rings. The Balaban J connectivity index is 2.29. The number of esters is 1. The van der Waals surface area contributed by atoms with E-state index in [4.69, 9.17) is 14.3 Å². The molecular weight excluding hydrogens is 374 g/mol. The Morgan fingerprint density at radius 2 is 1.62 bits per heavy atom. The Labute approximate surface area is 170 Å². The third-order valence-corrected chi connectivity index (χ3v) is 3.95. The van der Waals surface area contributed by atoms with Gasteiger partial charge in [0.2, 0.25) is 0 Å². The zero-order valence-electron chi connectivity index (χ0n) is 17.1. The van der Waals surface area contributed by atoms with E-state index in [9.17, 15) is 14.7 Å². The summed E-state index contributed by atoms with van der Waals surface area (Å²) in [6.45, 7) is 5.34. The number of hydrogen-bond donors (Lipinski definition) is 1. The summed E-state index contributed by atoms with van der Waals surface area (Å²) in [4.78, 5) is 30.3. The second-order valence-corrected chi connectivity index (χ2v) is 7.53. The second kappa shape index (κ2) is 9.93. The maximum absolute atomic E-state index is 12.5. The largest absolute Gasteiger partial charge is 0.528 e. The molecule has 0 aliphatic heterocycles. The monoisotopic (exact) mass is 401 g/mol. The van der Waals surface area contributed by atoms with Crippen molar-refractivity contribution in [3.63, 3.8) is 0 Å². The quantitative estimate of drug-likeness (QED) is 0.557. The molecule has 0 heterocycles. The molecule has 156 valence electrons. The summed E-state index contributed by atoms with van der Waals surface area (Å²) in [5.74, 6) is -0.438. The topological polar surface area (TPSA) is 85.3 Å². The number of ether oxygens (including phenoxy) is 2. The van der Waals surface area contributed by atoms with Crippen LogP contribution in [0.1, 0.15) is 31.9 Å². The van der Waals surface area contributed by atoms with Crippen molar-refractivity contribution in [2.24, 2.45) is 0 Å². The van der Waals surface area contributed by atoms with E-state index in [0.717, 1.165) is 11.1 Å². The average Bonchev–Trinajstić information content (AvgIpc) is 2.66. The van der Waals surface area contributed by atoms with Gasteiger partial charge in [0.05, 0.1) is 13.7 Å². The van der Waals surface area contributed by atoms with Gasteiger partial charge in [-0.2, -0.15) is 0 Å². The van der Waals surface area contributed by atoms with Crippen LogP contribution in [-0.4, -0.2) is 41.0 Å². The van der Waals surface area contributed by atoms with Gasteiger partial charge in [-0.15, -0.1) is 5.06 Å². The third-order valence-electron chi connectivity index (χ3n) is 3.95. The molecule has 0 aliphatic carbocycles. The minimum Gasteiger partial charge on any atom is -0.508 e. The van der Waals surface area contributed by atoms with Crippen LogP contribution in [0.2, 0.25) is 0 Å². The van der Waals surface area contributed by atoms with E-state index in [-0.39, 0.29) is 18.7 Å². The number of phenolic OH excluding ortho intramolecular Hbond substituents is 1. The molecule has 0 saturated carbocycles. The van der Waals surface area contributed by atoms with Crippen LogP contribution in [0.25, 0.3) is 0 Å². The van der Waals surface area contributed by atoms with Gasteiger partial charge < -0.3 is 19.4 Å². The highest BCUT2D eigenvalue weighted by Crippen LogP contribution is 2.19. The normalized spacial score (nSPS) is 12.3. The molecule has 0 aliphatic rings. The Morgan fingerprint density at radius 1 is 1.00 bits per heavy atom. The van der Waals surface area contributed by atoms with Crippen molar-refractivity contribution in [1.29, 1.82) is 0 Å². The molecule has 0 amide bonds. The lowest BCUT2D eigenvalue weighted by atomic mass is 10.0. The van der Waals surface area contributed by atoms with Gasteiger partial charge in [-0.05, 0) is 44.0 Å². The molecule has 0 saturated heterocycles. The fourth-order valence-corrected chi connectivity index (χ4v) is 2.63. The van der Waals surface area contributed by atoms with E-state index >= 15 is 0 Å². The molecule has 1 atom stereocenters. The summed E-state index contributed by atoms with van der Waals surface area (Å²) in [5.41, 5.74) is 0.868. The fourth-order valence-electron chi connectivity index (χ4n) is 2.63. The first-order valence-electron chi connectivity index (χ1n) is 9.25. The van der Waals surface area contributed by atoms with Crippen molar-refractivity contribution < 1.29 is 29.0 Å². The van der Waals surface area contributed by atoms with Crippen LogP contribution < -0.4 is 0 Å². The molecule has 0 radical (unpaired) electrons. The number of methoxy groups -OCH3 is 1. The second-order valence-electron chi connectivity index (χ2n) is 7.53. The van der Waals surface area contributed by atoms with Crippen LogP contribution in [-0.2, 0) is 32.1 Å². The first-order chi connectivity index (χ1) is 13.7. The summed E-state index contributed by atoms with van der Waals surface area (Å²) in [7, 11) is 1.28. The third kappa shape index (κ3) is 7.46. The molecule has 7 heteroatoms. The lowest BCUT2D eigenvalue weighted by molar-refractivity contribution is -0.190. The van der Waals surface area contributed by atoms with Gasteiger partial charge in [0.15, 0.2) is 0 Å². The van der Waals surface area contributed by atoms with Crippen molar-refractivity contribution in [3.8, 4) is 5.75 Å². The average molecular weight is 401 g/mol. The highest BCUT2D eigenvalue weighted by Gasteiger charge is 2.32. The van der Waals surface area contributed by atoms with Crippen molar-refractivity contribution in [3.05, 3.63) is 65.7 Å². The van der Waals surface area contributed by atoms with Gasteiger partial charge in [-0.25, -0.2) is 4.79 Å². The van der Waals surface area contributed by atoms with Crippen LogP contribution in [0.3, 0.4) is 0 Å². The summed E-state index contributed by atoms with van der Waals surface area (Å²) in [5, 5.41) is 10.8. The van der Waals surface area contributed by atoms with Crippen LogP contribution >= 0.6 is 0 Å². The van der Waals surface area contributed by atoms with Crippen LogP contribution in [0.4, 0.5) is 4.79 Å². The molecule has 29 heavy (non-hydrogen) atoms. The molecule has 0 fully saturated rings. The molecule has 0 unspecified atom stereocenters. The fraction of sp³-hybridized carbons (Fsp3) is 0.364.